The van der Waals surface area contributed by atoms with E-state index in [9.17, 15) is 4.39 Å². The number of aromatic nitrogens is 2. The number of nitrogens with zero attached hydrogens (tertiary/aromatic N) is 2. The van der Waals surface area contributed by atoms with E-state index in [0.29, 0.717) is 11.4 Å². The van der Waals surface area contributed by atoms with Crippen molar-refractivity contribution in [3.8, 4) is 0 Å². The molecule has 0 spiro atoms. The molecule has 0 amide bonds. The van der Waals surface area contributed by atoms with Crippen LogP contribution in [0, 0.1) is 11.7 Å². The first-order valence-corrected chi connectivity index (χ1v) is 8.30. The summed E-state index contributed by atoms with van der Waals surface area (Å²) in [5.41, 5.74) is 1.29. The lowest BCUT2D eigenvalue weighted by atomic mass is 9.99. The van der Waals surface area contributed by atoms with E-state index in [-0.39, 0.29) is 11.2 Å². The number of unbranched alkanes of at least 4 members (excludes halogenated alkanes) is 1. The highest BCUT2D eigenvalue weighted by Crippen LogP contribution is 2.28. The number of hydrogen-bond donors (Lipinski definition) is 0. The molecule has 2 atom stereocenters. The molecule has 0 radical (unpaired) electrons. The maximum Gasteiger partial charge on any atom is 0.151 e. The van der Waals surface area contributed by atoms with Gasteiger partial charge in [-0.05, 0) is 31.4 Å². The van der Waals surface area contributed by atoms with Gasteiger partial charge >= 0.3 is 0 Å². The van der Waals surface area contributed by atoms with Crippen LogP contribution in [0.5, 0.6) is 0 Å². The molecule has 0 N–H and O–H groups in total. The van der Waals surface area contributed by atoms with Crippen LogP contribution in [0.1, 0.15) is 57.7 Å². The van der Waals surface area contributed by atoms with Gasteiger partial charge in [-0.25, -0.2) is 9.37 Å². The maximum atomic E-state index is 13.9. The zero-order valence-corrected chi connectivity index (χ0v) is 13.8. The molecule has 1 heterocycles. The molecule has 2 unspecified atom stereocenters. The lowest BCUT2D eigenvalue weighted by Gasteiger charge is -2.18. The number of halogens is 2. The summed E-state index contributed by atoms with van der Waals surface area (Å²) in [5, 5.41) is -0.222. The van der Waals surface area contributed by atoms with Crippen molar-refractivity contribution in [1.29, 1.82) is 0 Å². The Morgan fingerprint density at radius 1 is 1.33 bits per heavy atom. The molecule has 0 saturated heterocycles. The largest absolute Gasteiger partial charge is 0.326 e. The number of alkyl halides is 1. The number of benzene rings is 1. The van der Waals surface area contributed by atoms with Gasteiger partial charge in [0.25, 0.3) is 0 Å². The Balaban J connectivity index is 2.40. The molecule has 2 nitrogen and oxygen atoms in total. The predicted octanol–water partition coefficient (Wildman–Crippen LogP) is 5.69. The highest BCUT2D eigenvalue weighted by atomic mass is 35.5. The van der Waals surface area contributed by atoms with E-state index in [0.717, 1.165) is 24.3 Å². The van der Waals surface area contributed by atoms with Crippen LogP contribution in [-0.4, -0.2) is 9.55 Å². The summed E-state index contributed by atoms with van der Waals surface area (Å²) >= 11 is 6.26. The molecule has 4 heteroatoms. The van der Waals surface area contributed by atoms with Crippen LogP contribution >= 0.6 is 11.6 Å². The average molecular weight is 311 g/mol. The van der Waals surface area contributed by atoms with Crippen LogP contribution in [0.15, 0.2) is 18.2 Å². The normalized spacial score (nSPS) is 14.5. The molecular formula is C17H24ClFN2. The standard InChI is InChI=1S/C17H24ClFN2/c1-4-6-8-13(5-2)11-21-15-10-7-9-14(19)16(15)20-17(21)12(3)18/h7,9-10,12-13H,4-6,8,11H2,1-3H3. The summed E-state index contributed by atoms with van der Waals surface area (Å²) < 4.78 is 16.1. The van der Waals surface area contributed by atoms with Gasteiger partial charge in [0.05, 0.1) is 10.9 Å². The summed E-state index contributed by atoms with van der Waals surface area (Å²) in [7, 11) is 0. The maximum absolute atomic E-state index is 13.9. The molecule has 21 heavy (non-hydrogen) atoms. The Morgan fingerprint density at radius 3 is 2.71 bits per heavy atom. The van der Waals surface area contributed by atoms with Crippen molar-refractivity contribution in [1.82, 2.24) is 9.55 Å². The van der Waals surface area contributed by atoms with Crippen molar-refractivity contribution < 1.29 is 4.39 Å². The Bertz CT molecular complexity index is 592. The average Bonchev–Trinajstić information content (AvgIpc) is 2.84. The van der Waals surface area contributed by atoms with E-state index in [1.54, 1.807) is 6.07 Å². The predicted molar refractivity (Wildman–Crippen MR) is 87.3 cm³/mol. The van der Waals surface area contributed by atoms with Crippen LogP contribution in [-0.2, 0) is 6.54 Å². The van der Waals surface area contributed by atoms with E-state index < -0.39 is 0 Å². The third kappa shape index (κ3) is 3.57. The van der Waals surface area contributed by atoms with Crippen LogP contribution in [0.4, 0.5) is 4.39 Å². The van der Waals surface area contributed by atoms with Gasteiger partial charge in [-0.15, -0.1) is 11.6 Å². The first kappa shape index (κ1) is 16.3. The fourth-order valence-electron chi connectivity index (χ4n) is 2.80. The number of rotatable bonds is 7. The molecule has 0 aliphatic heterocycles. The summed E-state index contributed by atoms with van der Waals surface area (Å²) in [6.07, 6.45) is 4.74. The van der Waals surface area contributed by atoms with Gasteiger partial charge in [-0.1, -0.05) is 39.2 Å². The third-order valence-corrected chi connectivity index (χ3v) is 4.29. The topological polar surface area (TPSA) is 17.8 Å². The second-order valence-electron chi connectivity index (χ2n) is 5.72. The fraction of sp³-hybridized carbons (Fsp3) is 0.588. The summed E-state index contributed by atoms with van der Waals surface area (Å²) in [6.45, 7) is 7.18. The van der Waals surface area contributed by atoms with Gasteiger partial charge in [0.2, 0.25) is 0 Å². The van der Waals surface area contributed by atoms with Crippen LogP contribution in [0.3, 0.4) is 0 Å². The first-order chi connectivity index (χ1) is 10.1. The van der Waals surface area contributed by atoms with Crippen molar-refractivity contribution in [3.63, 3.8) is 0 Å². The van der Waals surface area contributed by atoms with Crippen molar-refractivity contribution in [2.45, 2.75) is 58.4 Å². The minimum atomic E-state index is -0.272. The molecular weight excluding hydrogens is 287 g/mol. The van der Waals surface area contributed by atoms with E-state index in [1.807, 2.05) is 13.0 Å². The summed E-state index contributed by atoms with van der Waals surface area (Å²) in [4.78, 5) is 4.44. The Hall–Kier alpha value is -1.09. The number of para-hydroxylation sites is 1. The van der Waals surface area contributed by atoms with Crippen LogP contribution < -0.4 is 0 Å². The molecule has 2 aromatic rings. The zero-order valence-electron chi connectivity index (χ0n) is 13.1. The molecule has 0 bridgehead atoms. The van der Waals surface area contributed by atoms with Crippen LogP contribution in [0.25, 0.3) is 11.0 Å². The van der Waals surface area contributed by atoms with Gasteiger partial charge in [0, 0.05) is 6.54 Å². The molecule has 116 valence electrons. The smallest absolute Gasteiger partial charge is 0.151 e. The number of fused-ring (bicyclic) bond motifs is 1. The van der Waals surface area contributed by atoms with Gasteiger partial charge in [0.1, 0.15) is 11.3 Å². The fourth-order valence-corrected chi connectivity index (χ4v) is 2.97. The Labute approximate surface area is 131 Å². The summed E-state index contributed by atoms with van der Waals surface area (Å²) in [5.74, 6) is 1.08. The number of imidazole rings is 1. The lowest BCUT2D eigenvalue weighted by Crippen LogP contribution is -2.13. The first-order valence-electron chi connectivity index (χ1n) is 7.87. The van der Waals surface area contributed by atoms with Gasteiger partial charge in [-0.3, -0.25) is 0 Å². The zero-order chi connectivity index (χ0) is 15.4. The van der Waals surface area contributed by atoms with Crippen molar-refractivity contribution in [2.75, 3.05) is 0 Å². The number of hydrogen-bond acceptors (Lipinski definition) is 1. The second-order valence-corrected chi connectivity index (χ2v) is 6.38. The SMILES string of the molecule is CCCCC(CC)Cn1c(C(C)Cl)nc2c(F)cccc21. The minimum Gasteiger partial charge on any atom is -0.326 e. The second kappa shape index (κ2) is 7.26. The van der Waals surface area contributed by atoms with E-state index in [2.05, 4.69) is 23.4 Å². The molecule has 0 saturated carbocycles. The van der Waals surface area contributed by atoms with Gasteiger partial charge < -0.3 is 4.57 Å². The van der Waals surface area contributed by atoms with Crippen molar-refractivity contribution >= 4 is 22.6 Å². The minimum absolute atomic E-state index is 0.222. The highest BCUT2D eigenvalue weighted by Gasteiger charge is 2.19. The molecule has 0 aliphatic rings. The van der Waals surface area contributed by atoms with E-state index in [1.165, 1.54) is 25.3 Å². The monoisotopic (exact) mass is 310 g/mol. The van der Waals surface area contributed by atoms with E-state index >= 15 is 0 Å². The summed E-state index contributed by atoms with van der Waals surface area (Å²) in [6, 6.07) is 5.13. The van der Waals surface area contributed by atoms with E-state index in [4.69, 9.17) is 11.6 Å². The highest BCUT2D eigenvalue weighted by molar-refractivity contribution is 6.20. The molecule has 0 aliphatic carbocycles. The Kier molecular flexibility index (Phi) is 5.63. The molecule has 0 fully saturated rings. The molecule has 1 aromatic carbocycles. The van der Waals surface area contributed by atoms with Gasteiger partial charge in [0.15, 0.2) is 5.82 Å². The quantitative estimate of drug-likeness (QED) is 0.600. The Morgan fingerprint density at radius 2 is 2.10 bits per heavy atom. The van der Waals surface area contributed by atoms with Crippen molar-refractivity contribution in [2.24, 2.45) is 5.92 Å². The molecule has 2 rings (SSSR count). The van der Waals surface area contributed by atoms with Crippen molar-refractivity contribution in [3.05, 3.63) is 29.8 Å². The third-order valence-electron chi connectivity index (χ3n) is 4.10. The molecule has 1 aromatic heterocycles. The van der Waals surface area contributed by atoms with Crippen LogP contribution in [0.2, 0.25) is 0 Å². The lowest BCUT2D eigenvalue weighted by molar-refractivity contribution is 0.389. The van der Waals surface area contributed by atoms with Gasteiger partial charge in [-0.2, -0.15) is 0 Å².